The van der Waals surface area contributed by atoms with Crippen LogP contribution in [0.15, 0.2) is 28.1 Å². The second kappa shape index (κ2) is 4.22. The van der Waals surface area contributed by atoms with Crippen molar-refractivity contribution in [3.63, 3.8) is 0 Å². The van der Waals surface area contributed by atoms with E-state index in [2.05, 4.69) is 21.7 Å². The molecule has 2 rings (SSSR count). The first-order valence-electron chi connectivity index (χ1n) is 5.68. The fourth-order valence-corrected chi connectivity index (χ4v) is 3.24. The van der Waals surface area contributed by atoms with Gasteiger partial charge in [-0.3, -0.25) is 0 Å². The first-order valence-corrected chi connectivity index (χ1v) is 7.08. The molecule has 0 bridgehead atoms. The third-order valence-corrected chi connectivity index (χ3v) is 4.59. The van der Waals surface area contributed by atoms with Crippen molar-refractivity contribution in [2.45, 2.75) is 26.9 Å². The molecule has 3 atom stereocenters. The summed E-state index contributed by atoms with van der Waals surface area (Å²) in [5.41, 5.74) is 9.69. The summed E-state index contributed by atoms with van der Waals surface area (Å²) >= 11 is 0. The molecule has 1 aliphatic carbocycles. The van der Waals surface area contributed by atoms with Crippen LogP contribution in [-0.4, -0.2) is 18.9 Å². The van der Waals surface area contributed by atoms with Crippen molar-refractivity contribution >= 4 is 10.2 Å². The van der Waals surface area contributed by atoms with Crippen molar-refractivity contribution in [1.29, 1.82) is 0 Å². The number of nitrogens with zero attached hydrogens (tertiary/aromatic N) is 4. The van der Waals surface area contributed by atoms with E-state index in [1.54, 1.807) is 6.92 Å². The standard InChI is InChI=1S/C10H15N5O2S/c1-6-4-9-10(5-7(6)2)15(8(3)12-9)18(16,17)14-13-11/h4-8,12H,1-3H3. The Hall–Kier alpha value is -1.66. The zero-order valence-corrected chi connectivity index (χ0v) is 11.2. The summed E-state index contributed by atoms with van der Waals surface area (Å²) < 4.78 is 27.8. The van der Waals surface area contributed by atoms with Crippen LogP contribution in [0, 0.1) is 11.8 Å². The van der Waals surface area contributed by atoms with Crippen LogP contribution in [0.25, 0.3) is 10.4 Å². The molecule has 2 aliphatic rings. The van der Waals surface area contributed by atoms with Crippen LogP contribution in [0.2, 0.25) is 0 Å². The highest BCUT2D eigenvalue weighted by Gasteiger charge is 2.38. The molecule has 0 aromatic heterocycles. The van der Waals surface area contributed by atoms with Crippen LogP contribution in [0.4, 0.5) is 0 Å². The summed E-state index contributed by atoms with van der Waals surface area (Å²) in [6, 6.07) is 0. The molecule has 98 valence electrons. The number of rotatable bonds is 2. The summed E-state index contributed by atoms with van der Waals surface area (Å²) in [5, 5.41) is 3.08. The molecule has 0 spiro atoms. The first kappa shape index (κ1) is 12.8. The van der Waals surface area contributed by atoms with Crippen LogP contribution in [0.3, 0.4) is 0 Å². The zero-order valence-electron chi connectivity index (χ0n) is 10.4. The molecule has 1 saturated heterocycles. The minimum absolute atomic E-state index is 0.236. The Kier molecular flexibility index (Phi) is 3.00. The minimum atomic E-state index is -4.00. The second-order valence-electron chi connectivity index (χ2n) is 4.62. The summed E-state index contributed by atoms with van der Waals surface area (Å²) in [5.74, 6) is 0.574. The predicted molar refractivity (Wildman–Crippen MR) is 67.0 cm³/mol. The van der Waals surface area contributed by atoms with Gasteiger partial charge in [0.1, 0.15) is 6.17 Å². The topological polar surface area (TPSA) is 98.2 Å². The van der Waals surface area contributed by atoms with Crippen LogP contribution in [-0.2, 0) is 10.2 Å². The molecule has 18 heavy (non-hydrogen) atoms. The number of fused-ring (bicyclic) bond motifs is 1. The highest BCUT2D eigenvalue weighted by Crippen LogP contribution is 2.35. The molecule has 1 N–H and O–H groups in total. The third-order valence-electron chi connectivity index (χ3n) is 3.30. The van der Waals surface area contributed by atoms with E-state index in [0.29, 0.717) is 11.6 Å². The van der Waals surface area contributed by atoms with E-state index in [0.717, 1.165) is 10.0 Å². The van der Waals surface area contributed by atoms with Gasteiger partial charge >= 0.3 is 10.2 Å². The second-order valence-corrected chi connectivity index (χ2v) is 6.07. The molecule has 0 aromatic carbocycles. The van der Waals surface area contributed by atoms with Crippen LogP contribution in [0.5, 0.6) is 0 Å². The highest BCUT2D eigenvalue weighted by atomic mass is 32.2. The Labute approximate surface area is 106 Å². The highest BCUT2D eigenvalue weighted by molar-refractivity contribution is 7.87. The van der Waals surface area contributed by atoms with E-state index >= 15 is 0 Å². The van der Waals surface area contributed by atoms with Crippen molar-refractivity contribution < 1.29 is 8.42 Å². The molecule has 1 aliphatic heterocycles. The van der Waals surface area contributed by atoms with E-state index in [-0.39, 0.29) is 5.92 Å². The van der Waals surface area contributed by atoms with Crippen molar-refractivity contribution in [3.05, 3.63) is 34.0 Å². The third kappa shape index (κ3) is 1.93. The largest absolute Gasteiger partial charge is 0.363 e. The number of nitrogens with one attached hydrogen (secondary N) is 1. The number of hydrogen-bond donors (Lipinski definition) is 1. The lowest BCUT2D eigenvalue weighted by molar-refractivity contribution is 0.418. The van der Waals surface area contributed by atoms with Crippen molar-refractivity contribution in [2.75, 3.05) is 0 Å². The van der Waals surface area contributed by atoms with Gasteiger partial charge in [-0.15, -0.1) is 0 Å². The van der Waals surface area contributed by atoms with Gasteiger partial charge in [-0.2, -0.15) is 8.42 Å². The van der Waals surface area contributed by atoms with Crippen molar-refractivity contribution in [3.8, 4) is 0 Å². The Morgan fingerprint density at radius 2 is 1.94 bits per heavy atom. The SMILES string of the molecule is CC1C=C2NC(C)N(S(=O)(=O)N=[N+]=[N-])C2=CC1C. The number of allylic oxidation sites excluding steroid dienone is 2. The molecule has 0 saturated carbocycles. The quantitative estimate of drug-likeness (QED) is 0.470. The maximum Gasteiger partial charge on any atom is 0.326 e. The lowest BCUT2D eigenvalue weighted by Crippen LogP contribution is -2.35. The van der Waals surface area contributed by atoms with Gasteiger partial charge in [-0.25, -0.2) is 4.31 Å². The van der Waals surface area contributed by atoms with Gasteiger partial charge < -0.3 is 5.32 Å². The Morgan fingerprint density at radius 3 is 2.56 bits per heavy atom. The molecule has 7 nitrogen and oxygen atoms in total. The maximum atomic E-state index is 11.9. The van der Waals surface area contributed by atoms with Crippen LogP contribution in [0.1, 0.15) is 20.8 Å². The number of azide groups is 1. The normalized spacial score (nSPS) is 30.8. The van der Waals surface area contributed by atoms with Gasteiger partial charge in [0.05, 0.1) is 15.9 Å². The minimum Gasteiger partial charge on any atom is -0.363 e. The average Bonchev–Trinajstić information content (AvgIpc) is 2.55. The fraction of sp³-hybridized carbons (Fsp3) is 0.600. The number of hydrogen-bond acceptors (Lipinski definition) is 3. The van der Waals surface area contributed by atoms with E-state index < -0.39 is 16.4 Å². The average molecular weight is 269 g/mol. The smallest absolute Gasteiger partial charge is 0.326 e. The monoisotopic (exact) mass is 269 g/mol. The van der Waals surface area contributed by atoms with E-state index in [4.69, 9.17) is 5.53 Å². The molecular weight excluding hydrogens is 254 g/mol. The van der Waals surface area contributed by atoms with E-state index in [9.17, 15) is 8.42 Å². The Balaban J connectivity index is 2.49. The molecule has 0 radical (unpaired) electrons. The molecule has 8 heteroatoms. The van der Waals surface area contributed by atoms with E-state index in [1.165, 1.54) is 0 Å². The van der Waals surface area contributed by atoms with Gasteiger partial charge in [-0.1, -0.05) is 26.0 Å². The lowest BCUT2D eigenvalue weighted by Gasteiger charge is -2.24. The Bertz CT molecular complexity index is 573. The van der Waals surface area contributed by atoms with Gasteiger partial charge in [0.25, 0.3) is 0 Å². The summed E-state index contributed by atoms with van der Waals surface area (Å²) in [4.78, 5) is 2.38. The predicted octanol–water partition coefficient (Wildman–Crippen LogP) is 1.85. The van der Waals surface area contributed by atoms with Gasteiger partial charge in [0.2, 0.25) is 0 Å². The summed E-state index contributed by atoms with van der Waals surface area (Å²) in [6.45, 7) is 5.80. The van der Waals surface area contributed by atoms with Crippen LogP contribution < -0.4 is 5.32 Å². The first-order chi connectivity index (χ1) is 8.36. The molecular formula is C10H15N5O2S. The van der Waals surface area contributed by atoms with E-state index in [1.807, 2.05) is 19.1 Å². The lowest BCUT2D eigenvalue weighted by atomic mass is 9.89. The van der Waals surface area contributed by atoms with Gasteiger partial charge in [-0.05, 0) is 24.3 Å². The molecule has 3 unspecified atom stereocenters. The van der Waals surface area contributed by atoms with Crippen molar-refractivity contribution in [2.24, 2.45) is 16.4 Å². The fourth-order valence-electron chi connectivity index (χ4n) is 2.21. The van der Waals surface area contributed by atoms with Gasteiger partial charge in [0, 0.05) is 4.91 Å². The Morgan fingerprint density at radius 1 is 1.33 bits per heavy atom. The zero-order chi connectivity index (χ0) is 13.5. The molecule has 1 fully saturated rings. The summed E-state index contributed by atoms with van der Waals surface area (Å²) in [6.07, 6.45) is 3.44. The summed E-state index contributed by atoms with van der Waals surface area (Å²) in [7, 11) is -4.00. The molecule has 0 amide bonds. The van der Waals surface area contributed by atoms with Gasteiger partial charge in [0.15, 0.2) is 0 Å². The van der Waals surface area contributed by atoms with Crippen molar-refractivity contribution in [1.82, 2.24) is 9.62 Å². The maximum absolute atomic E-state index is 11.9. The molecule has 1 heterocycles. The van der Waals surface area contributed by atoms with Crippen LogP contribution >= 0.6 is 0 Å². The molecule has 0 aromatic rings.